The summed E-state index contributed by atoms with van der Waals surface area (Å²) in [5.74, 6) is -12.9. The summed E-state index contributed by atoms with van der Waals surface area (Å²) in [7, 11) is 0. The van der Waals surface area contributed by atoms with Crippen LogP contribution in [0.15, 0.2) is 0 Å². The summed E-state index contributed by atoms with van der Waals surface area (Å²) in [4.78, 5) is 0. The Morgan fingerprint density at radius 3 is 0.947 bits per heavy atom. The molecule has 1 saturated heterocycles. The number of hydrogen-bond donors (Lipinski definition) is 0. The third-order valence-corrected chi connectivity index (χ3v) is 3.27. The highest BCUT2D eigenvalue weighted by Crippen LogP contribution is 2.69. The van der Waals surface area contributed by atoms with Crippen LogP contribution in [0.1, 0.15) is 0 Å². The van der Waals surface area contributed by atoms with E-state index in [0.29, 0.717) is 0 Å². The Hall–Kier alpha value is -0.160. The second-order valence-electron chi connectivity index (χ2n) is 3.44. The van der Waals surface area contributed by atoms with Crippen molar-refractivity contribution in [1.29, 1.82) is 0 Å². The van der Waals surface area contributed by atoms with Gasteiger partial charge in [0.25, 0.3) is 0 Å². The number of rotatable bonds is 0. The minimum atomic E-state index is -6.45. The van der Waals surface area contributed by atoms with Crippen LogP contribution in [-0.2, 0) is 4.74 Å². The van der Waals surface area contributed by atoms with Crippen molar-refractivity contribution in [1.82, 2.24) is 0 Å². The van der Waals surface area contributed by atoms with Crippen LogP contribution in [0.2, 0.25) is 0 Å². The van der Waals surface area contributed by atoms with Crippen molar-refractivity contribution in [2.45, 2.75) is 34.3 Å². The molecule has 1 heterocycles. The van der Waals surface area contributed by atoms with Gasteiger partial charge in [-0.25, -0.2) is 0 Å². The molecule has 0 aromatic rings. The maximum Gasteiger partial charge on any atom is 0.438 e. The molecule has 0 saturated carbocycles. The molecule has 1 aliphatic heterocycles. The second-order valence-corrected chi connectivity index (χ2v) is 4.50. The Kier molecular flexibility index (Phi) is 3.31. The lowest BCUT2D eigenvalue weighted by molar-refractivity contribution is -0.311. The molecule has 0 aliphatic carbocycles. The number of halogens is 12. The Morgan fingerprint density at radius 1 is 0.632 bits per heavy atom. The van der Waals surface area contributed by atoms with Gasteiger partial charge < -0.3 is 4.74 Å². The fourth-order valence-corrected chi connectivity index (χ4v) is 1.71. The Labute approximate surface area is 107 Å². The maximum atomic E-state index is 13.0. The van der Waals surface area contributed by atoms with E-state index < -0.39 is 34.3 Å². The standard InChI is InChI=1S/C6Cl2F10O/c7-1(5(13,14)15)3(9,10)4(11,12)2(8,19-1)6(16,17)18/t1-,2+. The van der Waals surface area contributed by atoms with Crippen LogP contribution >= 0.6 is 23.2 Å². The molecule has 0 amide bonds. The molecule has 0 bridgehead atoms. The quantitative estimate of drug-likeness (QED) is 0.469. The van der Waals surface area contributed by atoms with Crippen molar-refractivity contribution in [3.05, 3.63) is 0 Å². The molecule has 0 aromatic heterocycles. The summed E-state index contributed by atoms with van der Waals surface area (Å²) in [6, 6.07) is 0. The molecule has 2 atom stereocenters. The topological polar surface area (TPSA) is 9.23 Å². The van der Waals surface area contributed by atoms with Gasteiger partial charge in [0.1, 0.15) is 0 Å². The normalized spacial score (nSPS) is 38.5. The number of ether oxygens (including phenoxy) is 1. The van der Waals surface area contributed by atoms with Crippen LogP contribution in [0.25, 0.3) is 0 Å². The molecule has 19 heavy (non-hydrogen) atoms. The van der Waals surface area contributed by atoms with Crippen LogP contribution in [0, 0.1) is 0 Å². The predicted molar refractivity (Wildman–Crippen MR) is 40.3 cm³/mol. The van der Waals surface area contributed by atoms with Crippen LogP contribution in [-0.4, -0.2) is 34.3 Å². The van der Waals surface area contributed by atoms with E-state index in [9.17, 15) is 43.9 Å². The zero-order chi connectivity index (χ0) is 15.7. The Morgan fingerprint density at radius 2 is 0.842 bits per heavy atom. The van der Waals surface area contributed by atoms with Gasteiger partial charge >= 0.3 is 34.3 Å². The minimum absolute atomic E-state index is 2.68. The molecule has 1 rings (SSSR count). The van der Waals surface area contributed by atoms with E-state index in [4.69, 9.17) is 0 Å². The average Bonchev–Trinajstić information content (AvgIpc) is 2.22. The molecule has 0 aromatic carbocycles. The molecular weight excluding hydrogens is 349 g/mol. The average molecular weight is 349 g/mol. The van der Waals surface area contributed by atoms with Gasteiger partial charge in [-0.05, 0) is 0 Å². The summed E-state index contributed by atoms with van der Waals surface area (Å²) in [5, 5.41) is -11.2. The van der Waals surface area contributed by atoms with Crippen LogP contribution in [0.3, 0.4) is 0 Å². The van der Waals surface area contributed by atoms with Crippen molar-refractivity contribution in [3.8, 4) is 0 Å². The molecule has 1 aliphatic rings. The van der Waals surface area contributed by atoms with Gasteiger partial charge in [-0.1, -0.05) is 23.2 Å². The molecule has 0 radical (unpaired) electrons. The molecule has 0 N–H and O–H groups in total. The third-order valence-electron chi connectivity index (χ3n) is 2.21. The summed E-state index contributed by atoms with van der Waals surface area (Å²) in [6.07, 6.45) is -12.9. The van der Waals surface area contributed by atoms with E-state index in [1.54, 1.807) is 0 Å². The van der Waals surface area contributed by atoms with Gasteiger partial charge in [-0.15, -0.1) is 0 Å². The SMILES string of the molecule is FC(F)(F)[C@]1(Cl)O[C@](Cl)(C(F)(F)F)C(F)(F)C1(F)F. The monoisotopic (exact) mass is 348 g/mol. The molecule has 1 nitrogen and oxygen atoms in total. The van der Waals surface area contributed by atoms with Crippen LogP contribution < -0.4 is 0 Å². The molecule has 1 fully saturated rings. The molecule has 0 unspecified atom stereocenters. The van der Waals surface area contributed by atoms with Gasteiger partial charge in [-0.2, -0.15) is 43.9 Å². The highest BCUT2D eigenvalue weighted by Gasteiger charge is 2.96. The lowest BCUT2D eigenvalue weighted by Gasteiger charge is -2.30. The van der Waals surface area contributed by atoms with E-state index in [1.165, 1.54) is 0 Å². The van der Waals surface area contributed by atoms with E-state index in [2.05, 4.69) is 27.9 Å². The molecule has 114 valence electrons. The lowest BCUT2D eigenvalue weighted by atomic mass is 10.0. The van der Waals surface area contributed by atoms with Gasteiger partial charge in [0.05, 0.1) is 0 Å². The fourth-order valence-electron chi connectivity index (χ4n) is 1.20. The van der Waals surface area contributed by atoms with Crippen molar-refractivity contribution in [2.75, 3.05) is 0 Å². The lowest BCUT2D eigenvalue weighted by Crippen LogP contribution is -2.60. The summed E-state index contributed by atoms with van der Waals surface area (Å²) < 4.78 is 128. The first-order valence-corrected chi connectivity index (χ1v) is 4.68. The van der Waals surface area contributed by atoms with Crippen molar-refractivity contribution >= 4 is 23.2 Å². The zero-order valence-electron chi connectivity index (χ0n) is 7.94. The molecule has 13 heteroatoms. The van der Waals surface area contributed by atoms with E-state index in [-0.39, 0.29) is 0 Å². The summed E-state index contributed by atoms with van der Waals surface area (Å²) in [5.41, 5.74) is 0. The Balaban J connectivity index is 3.58. The summed E-state index contributed by atoms with van der Waals surface area (Å²) >= 11 is 8.30. The van der Waals surface area contributed by atoms with Gasteiger partial charge in [0.2, 0.25) is 0 Å². The van der Waals surface area contributed by atoms with Crippen molar-refractivity contribution in [2.24, 2.45) is 0 Å². The first-order valence-electron chi connectivity index (χ1n) is 3.93. The fraction of sp³-hybridized carbons (Fsp3) is 1.00. The highest BCUT2D eigenvalue weighted by molar-refractivity contribution is 6.28. The van der Waals surface area contributed by atoms with E-state index >= 15 is 0 Å². The molecule has 0 spiro atoms. The van der Waals surface area contributed by atoms with Crippen LogP contribution in [0.4, 0.5) is 43.9 Å². The maximum absolute atomic E-state index is 13.0. The van der Waals surface area contributed by atoms with Crippen molar-refractivity contribution in [3.63, 3.8) is 0 Å². The van der Waals surface area contributed by atoms with E-state index in [0.717, 1.165) is 0 Å². The number of hydrogen-bond acceptors (Lipinski definition) is 1. The first kappa shape index (κ1) is 16.9. The van der Waals surface area contributed by atoms with Gasteiger partial charge in [-0.3, -0.25) is 0 Å². The van der Waals surface area contributed by atoms with Gasteiger partial charge in [0, 0.05) is 0 Å². The second kappa shape index (κ2) is 3.73. The third kappa shape index (κ3) is 1.73. The minimum Gasteiger partial charge on any atom is -0.310 e. The van der Waals surface area contributed by atoms with Crippen molar-refractivity contribution < 1.29 is 48.6 Å². The molecular formula is C6Cl2F10O. The Bertz CT molecular complexity index is 352. The summed E-state index contributed by atoms with van der Waals surface area (Å²) in [6.45, 7) is 0. The highest BCUT2D eigenvalue weighted by atomic mass is 35.5. The van der Waals surface area contributed by atoms with Crippen LogP contribution in [0.5, 0.6) is 0 Å². The van der Waals surface area contributed by atoms with E-state index in [1.807, 2.05) is 0 Å². The van der Waals surface area contributed by atoms with Gasteiger partial charge in [0.15, 0.2) is 0 Å². The first-order chi connectivity index (χ1) is 7.96. The predicted octanol–water partition coefficient (Wildman–Crippen LogP) is 4.28. The number of alkyl halides is 12. The largest absolute Gasteiger partial charge is 0.438 e. The zero-order valence-corrected chi connectivity index (χ0v) is 9.46. The smallest absolute Gasteiger partial charge is 0.310 e.